The number of alkyl carbamates (subject to hydrolysis) is 1. The molecule has 11 heteroatoms. The Morgan fingerprint density at radius 1 is 1.20 bits per heavy atom. The molecule has 0 saturated heterocycles. The van der Waals surface area contributed by atoms with Gasteiger partial charge in [-0.3, -0.25) is 4.79 Å². The zero-order valence-corrected chi connectivity index (χ0v) is 16.6. The monoisotopic (exact) mass is 424 g/mol. The van der Waals surface area contributed by atoms with E-state index in [0.29, 0.717) is 0 Å². The van der Waals surface area contributed by atoms with Crippen LogP contribution in [0, 0.1) is 0 Å². The zero-order chi connectivity index (χ0) is 22.0. The van der Waals surface area contributed by atoms with Crippen LogP contribution in [0.1, 0.15) is 42.6 Å². The van der Waals surface area contributed by atoms with E-state index in [0.717, 1.165) is 0 Å². The molecule has 0 bridgehead atoms. The molecule has 3 aliphatic rings. The molecule has 6 unspecified atom stereocenters. The van der Waals surface area contributed by atoms with Crippen molar-refractivity contribution in [3.8, 4) is 17.2 Å². The lowest BCUT2D eigenvalue weighted by molar-refractivity contribution is -0.118. The minimum Gasteiger partial charge on any atom is -0.504 e. The maximum absolute atomic E-state index is 12.7. The number of aliphatic hydroxyl groups is 3. The maximum Gasteiger partial charge on any atom is 0.407 e. The van der Waals surface area contributed by atoms with E-state index in [1.807, 2.05) is 0 Å². The minimum atomic E-state index is -1.64. The van der Waals surface area contributed by atoms with Crippen LogP contribution in [-0.4, -0.2) is 75.2 Å². The van der Waals surface area contributed by atoms with Gasteiger partial charge in [0.05, 0.1) is 17.6 Å². The number of hydrogen-bond acceptors (Lipinski definition) is 9. The number of phenols is 1. The minimum absolute atomic E-state index is 0.0101. The van der Waals surface area contributed by atoms with Crippen molar-refractivity contribution in [2.45, 2.75) is 62.7 Å². The van der Waals surface area contributed by atoms with Crippen molar-refractivity contribution in [2.24, 2.45) is 0 Å². The molecule has 164 valence electrons. The molecule has 2 amide bonds. The molecule has 1 aromatic rings. The van der Waals surface area contributed by atoms with E-state index < -0.39 is 59.7 Å². The molecular weight excluding hydrogens is 400 g/mol. The first kappa shape index (κ1) is 20.5. The summed E-state index contributed by atoms with van der Waals surface area (Å²) >= 11 is 0. The van der Waals surface area contributed by atoms with E-state index >= 15 is 0 Å². The first-order chi connectivity index (χ1) is 14.0. The van der Waals surface area contributed by atoms with Crippen molar-refractivity contribution in [1.29, 1.82) is 0 Å². The van der Waals surface area contributed by atoms with Crippen LogP contribution < -0.4 is 20.1 Å². The molecule has 4 rings (SSSR count). The number of ether oxygens (including phenoxy) is 3. The summed E-state index contributed by atoms with van der Waals surface area (Å²) < 4.78 is 15.8. The second-order valence-electron chi connectivity index (χ2n) is 8.59. The fraction of sp³-hybridized carbons (Fsp3) is 0.579. The van der Waals surface area contributed by atoms with Crippen molar-refractivity contribution < 1.29 is 44.2 Å². The number of amides is 2. The molecular formula is C19H24N2O9. The largest absolute Gasteiger partial charge is 0.504 e. The third-order valence-electron chi connectivity index (χ3n) is 5.45. The lowest BCUT2D eigenvalue weighted by atomic mass is 9.69. The number of phenolic OH excluding ortho intramolecular Hbond substituents is 1. The van der Waals surface area contributed by atoms with Crippen LogP contribution in [0.25, 0.3) is 0 Å². The van der Waals surface area contributed by atoms with Crippen molar-refractivity contribution in [3.05, 3.63) is 17.2 Å². The van der Waals surface area contributed by atoms with Gasteiger partial charge in [-0.25, -0.2) is 4.79 Å². The highest BCUT2D eigenvalue weighted by Gasteiger charge is 2.55. The van der Waals surface area contributed by atoms with Crippen LogP contribution >= 0.6 is 0 Å². The van der Waals surface area contributed by atoms with Crippen LogP contribution in [0.3, 0.4) is 0 Å². The number of carbonyl (C=O) groups excluding carboxylic acids is 2. The summed E-state index contributed by atoms with van der Waals surface area (Å²) in [6.45, 7) is 4.85. The molecule has 1 aromatic carbocycles. The van der Waals surface area contributed by atoms with Gasteiger partial charge in [-0.1, -0.05) is 0 Å². The van der Waals surface area contributed by atoms with Gasteiger partial charge >= 0.3 is 6.09 Å². The highest BCUT2D eigenvalue weighted by molar-refractivity contribution is 6.01. The Hall–Kier alpha value is -2.76. The Morgan fingerprint density at radius 2 is 1.90 bits per heavy atom. The van der Waals surface area contributed by atoms with Gasteiger partial charge in [0.1, 0.15) is 23.9 Å². The van der Waals surface area contributed by atoms with Crippen LogP contribution in [0.2, 0.25) is 0 Å². The standard InChI is InChI=1S/C19H24N2O9/c1-19(2,3)30-18(27)21-11-8-6-4-7-16(29-5-28-7)12(22)9(6)17(26)20-10(8)13(23)15(25)14(11)24/h4,8,10-11,13-15,22-25H,5H2,1-3H3,(H,20,26)(H,21,27). The quantitative estimate of drug-likeness (QED) is 0.342. The highest BCUT2D eigenvalue weighted by Crippen LogP contribution is 2.50. The van der Waals surface area contributed by atoms with Crippen LogP contribution in [0.4, 0.5) is 4.79 Å². The highest BCUT2D eigenvalue weighted by atomic mass is 16.7. The summed E-state index contributed by atoms with van der Waals surface area (Å²) in [6, 6.07) is -0.736. The molecule has 6 N–H and O–H groups in total. The van der Waals surface area contributed by atoms with Gasteiger partial charge in [0.25, 0.3) is 5.91 Å². The second-order valence-corrected chi connectivity index (χ2v) is 8.59. The van der Waals surface area contributed by atoms with Gasteiger partial charge in [0.2, 0.25) is 12.5 Å². The van der Waals surface area contributed by atoms with Gasteiger partial charge in [-0.05, 0) is 32.4 Å². The molecule has 11 nitrogen and oxygen atoms in total. The van der Waals surface area contributed by atoms with E-state index in [4.69, 9.17) is 14.2 Å². The van der Waals surface area contributed by atoms with E-state index in [2.05, 4.69) is 10.6 Å². The first-order valence-electron chi connectivity index (χ1n) is 9.49. The topological polar surface area (TPSA) is 167 Å². The van der Waals surface area contributed by atoms with Gasteiger partial charge in [-0.15, -0.1) is 0 Å². The Kier molecular flexibility index (Phi) is 4.71. The number of carbonyl (C=O) groups is 2. The Balaban J connectivity index is 1.79. The van der Waals surface area contributed by atoms with Crippen LogP contribution in [0.5, 0.6) is 17.2 Å². The molecule has 30 heavy (non-hydrogen) atoms. The number of nitrogens with one attached hydrogen (secondary N) is 2. The average molecular weight is 424 g/mol. The van der Waals surface area contributed by atoms with Crippen molar-refractivity contribution in [2.75, 3.05) is 6.79 Å². The molecule has 0 radical (unpaired) electrons. The predicted molar refractivity (Wildman–Crippen MR) is 99.4 cm³/mol. The van der Waals surface area contributed by atoms with Gasteiger partial charge in [-0.2, -0.15) is 0 Å². The molecule has 2 aliphatic heterocycles. The lowest BCUT2D eigenvalue weighted by Crippen LogP contribution is -2.70. The number of aromatic hydroxyl groups is 1. The molecule has 1 aliphatic carbocycles. The van der Waals surface area contributed by atoms with E-state index in [9.17, 15) is 30.0 Å². The van der Waals surface area contributed by atoms with Gasteiger partial charge in [0.15, 0.2) is 11.5 Å². The zero-order valence-electron chi connectivity index (χ0n) is 16.6. The number of hydrogen-bond donors (Lipinski definition) is 6. The number of aliphatic hydroxyl groups excluding tert-OH is 3. The summed E-state index contributed by atoms with van der Waals surface area (Å²) in [7, 11) is 0. The van der Waals surface area contributed by atoms with Crippen LogP contribution in [0.15, 0.2) is 6.07 Å². The molecule has 2 heterocycles. The molecule has 0 aromatic heterocycles. The average Bonchev–Trinajstić information content (AvgIpc) is 3.11. The summed E-state index contributed by atoms with van der Waals surface area (Å²) in [5, 5.41) is 47.1. The number of benzene rings is 1. The van der Waals surface area contributed by atoms with Gasteiger partial charge < -0.3 is 45.3 Å². The fourth-order valence-electron chi connectivity index (χ4n) is 4.23. The Morgan fingerprint density at radius 3 is 2.57 bits per heavy atom. The van der Waals surface area contributed by atoms with Crippen molar-refractivity contribution in [3.63, 3.8) is 0 Å². The van der Waals surface area contributed by atoms with E-state index in [-0.39, 0.29) is 29.4 Å². The fourth-order valence-corrected chi connectivity index (χ4v) is 4.23. The summed E-state index contributed by atoms with van der Waals surface area (Å²) in [6.07, 6.45) is -5.59. The number of rotatable bonds is 1. The van der Waals surface area contributed by atoms with Crippen molar-refractivity contribution >= 4 is 12.0 Å². The first-order valence-corrected chi connectivity index (χ1v) is 9.49. The maximum atomic E-state index is 12.7. The van der Waals surface area contributed by atoms with Crippen LogP contribution in [-0.2, 0) is 4.74 Å². The summed E-state index contributed by atoms with van der Waals surface area (Å²) in [5.74, 6) is -1.84. The van der Waals surface area contributed by atoms with Crippen molar-refractivity contribution in [1.82, 2.24) is 10.6 Å². The van der Waals surface area contributed by atoms with Gasteiger partial charge in [0, 0.05) is 5.92 Å². The molecule has 1 fully saturated rings. The third kappa shape index (κ3) is 3.18. The Bertz CT molecular complexity index is 897. The normalized spacial score (nSPS) is 32.0. The summed E-state index contributed by atoms with van der Waals surface area (Å²) in [5.41, 5.74) is -0.701. The Labute approximate surface area is 171 Å². The second kappa shape index (κ2) is 6.89. The lowest BCUT2D eigenvalue weighted by Gasteiger charge is -2.49. The third-order valence-corrected chi connectivity index (χ3v) is 5.45. The smallest absolute Gasteiger partial charge is 0.407 e. The predicted octanol–water partition coefficient (Wildman–Crippen LogP) is -0.694. The summed E-state index contributed by atoms with van der Waals surface area (Å²) in [4.78, 5) is 25.1. The molecule has 6 atom stereocenters. The molecule has 0 spiro atoms. The van der Waals surface area contributed by atoms with E-state index in [1.165, 1.54) is 6.07 Å². The van der Waals surface area contributed by atoms with E-state index in [1.54, 1.807) is 20.8 Å². The SMILES string of the molecule is CC(C)(C)OC(=O)NC1C(O)C(O)C(O)C2NC(=O)c3c(cc4c(c3O)OCO4)C12. The molecule has 1 saturated carbocycles. The number of fused-ring (bicyclic) bond motifs is 4.